The molecule has 1 aromatic heterocycles. The van der Waals surface area contributed by atoms with Gasteiger partial charge in [0.25, 0.3) is 0 Å². The smallest absolute Gasteiger partial charge is 0.387 e. The quantitative estimate of drug-likeness (QED) is 0.848. The Morgan fingerprint density at radius 3 is 2.48 bits per heavy atom. The highest BCUT2D eigenvalue weighted by molar-refractivity contribution is 5.54. The van der Waals surface area contributed by atoms with Crippen LogP contribution in [0.4, 0.5) is 8.78 Å². The molecule has 0 saturated carbocycles. The summed E-state index contributed by atoms with van der Waals surface area (Å²) in [5.41, 5.74) is 0.654. The van der Waals surface area contributed by atoms with E-state index in [1.165, 1.54) is 12.1 Å². The summed E-state index contributed by atoms with van der Waals surface area (Å²) in [5.74, 6) is 0.958. The Hall–Kier alpha value is -2.02. The van der Waals surface area contributed by atoms with Gasteiger partial charge in [0.1, 0.15) is 5.75 Å². The molecule has 0 aliphatic heterocycles. The molecular formula is C14H17F2N3O2. The standard InChI is InChI=1S/C14H17F2N3O2/c1-3-11(17-4-2)13-19-18-12(21-13)9-5-7-10(8-6-9)20-14(15)16/h5-8,11,14,17H,3-4H2,1-2H3. The number of aromatic nitrogens is 2. The third-order valence-corrected chi connectivity index (χ3v) is 2.92. The minimum absolute atomic E-state index is 0.0118. The van der Waals surface area contributed by atoms with Gasteiger partial charge < -0.3 is 14.5 Å². The monoisotopic (exact) mass is 297 g/mol. The number of rotatable bonds is 7. The number of nitrogens with zero attached hydrogens (tertiary/aromatic N) is 2. The lowest BCUT2D eigenvalue weighted by Crippen LogP contribution is -2.20. The summed E-state index contributed by atoms with van der Waals surface area (Å²) in [6, 6.07) is 6.09. The zero-order valence-corrected chi connectivity index (χ0v) is 11.8. The molecule has 0 radical (unpaired) electrons. The minimum atomic E-state index is -2.84. The molecule has 0 bridgehead atoms. The number of hydrogen-bond acceptors (Lipinski definition) is 5. The maximum atomic E-state index is 12.1. The van der Waals surface area contributed by atoms with E-state index in [1.807, 2.05) is 13.8 Å². The fourth-order valence-electron chi connectivity index (χ4n) is 1.92. The van der Waals surface area contributed by atoms with E-state index in [0.717, 1.165) is 13.0 Å². The van der Waals surface area contributed by atoms with Crippen molar-refractivity contribution in [1.29, 1.82) is 0 Å². The van der Waals surface area contributed by atoms with Gasteiger partial charge in [-0.3, -0.25) is 0 Å². The largest absolute Gasteiger partial charge is 0.435 e. The van der Waals surface area contributed by atoms with Gasteiger partial charge in [0, 0.05) is 5.56 Å². The van der Waals surface area contributed by atoms with Crippen LogP contribution in [-0.4, -0.2) is 23.4 Å². The van der Waals surface area contributed by atoms with Crippen LogP contribution in [0.2, 0.25) is 0 Å². The molecule has 5 nitrogen and oxygen atoms in total. The highest BCUT2D eigenvalue weighted by Crippen LogP contribution is 2.24. The number of hydrogen-bond donors (Lipinski definition) is 1. The molecule has 7 heteroatoms. The van der Waals surface area contributed by atoms with Crippen LogP contribution in [0, 0.1) is 0 Å². The van der Waals surface area contributed by atoms with Crippen LogP contribution < -0.4 is 10.1 Å². The van der Waals surface area contributed by atoms with Gasteiger partial charge >= 0.3 is 6.61 Å². The summed E-state index contributed by atoms with van der Waals surface area (Å²) in [6.07, 6.45) is 0.830. The van der Waals surface area contributed by atoms with Gasteiger partial charge in [-0.05, 0) is 37.2 Å². The molecule has 0 saturated heterocycles. The van der Waals surface area contributed by atoms with Crippen LogP contribution in [0.25, 0.3) is 11.5 Å². The number of benzene rings is 1. The van der Waals surface area contributed by atoms with E-state index < -0.39 is 6.61 Å². The van der Waals surface area contributed by atoms with Gasteiger partial charge in [0.05, 0.1) is 6.04 Å². The van der Waals surface area contributed by atoms with Crippen LogP contribution in [0.15, 0.2) is 28.7 Å². The van der Waals surface area contributed by atoms with Crippen molar-refractivity contribution in [1.82, 2.24) is 15.5 Å². The molecule has 1 atom stereocenters. The third-order valence-electron chi connectivity index (χ3n) is 2.92. The molecule has 114 valence electrons. The Bertz CT molecular complexity index is 558. The second kappa shape index (κ2) is 7.12. The number of halogens is 2. The van der Waals surface area contributed by atoms with E-state index in [1.54, 1.807) is 12.1 Å². The molecule has 2 rings (SSSR count). The molecular weight excluding hydrogens is 280 g/mol. The highest BCUT2D eigenvalue weighted by atomic mass is 19.3. The maximum absolute atomic E-state index is 12.1. The van der Waals surface area contributed by atoms with Crippen LogP contribution in [0.5, 0.6) is 5.75 Å². The predicted molar refractivity (Wildman–Crippen MR) is 73.1 cm³/mol. The fraction of sp³-hybridized carbons (Fsp3) is 0.429. The first-order chi connectivity index (χ1) is 10.1. The van der Waals surface area contributed by atoms with Gasteiger partial charge in [0.15, 0.2) is 0 Å². The second-order valence-corrected chi connectivity index (χ2v) is 4.37. The van der Waals surface area contributed by atoms with Gasteiger partial charge in [-0.25, -0.2) is 0 Å². The van der Waals surface area contributed by atoms with Crippen molar-refractivity contribution in [3.63, 3.8) is 0 Å². The molecule has 0 amide bonds. The molecule has 0 fully saturated rings. The first-order valence-electron chi connectivity index (χ1n) is 6.76. The number of nitrogens with one attached hydrogen (secondary N) is 1. The van der Waals surface area contributed by atoms with Crippen molar-refractivity contribution in [2.75, 3.05) is 6.54 Å². The Kier molecular flexibility index (Phi) is 5.21. The predicted octanol–water partition coefficient (Wildman–Crippen LogP) is 3.40. The van der Waals surface area contributed by atoms with Crippen molar-refractivity contribution in [2.45, 2.75) is 32.9 Å². The Balaban J connectivity index is 2.13. The summed E-state index contributed by atoms with van der Waals surface area (Å²) in [5, 5.41) is 11.2. The summed E-state index contributed by atoms with van der Waals surface area (Å²) in [7, 11) is 0. The Morgan fingerprint density at radius 1 is 1.19 bits per heavy atom. The summed E-state index contributed by atoms with van der Waals surface area (Å²) >= 11 is 0. The summed E-state index contributed by atoms with van der Waals surface area (Å²) in [6.45, 7) is 1.99. The SMILES string of the molecule is CCNC(CC)c1nnc(-c2ccc(OC(F)F)cc2)o1. The van der Waals surface area contributed by atoms with E-state index in [4.69, 9.17) is 4.42 Å². The average Bonchev–Trinajstić information content (AvgIpc) is 2.94. The van der Waals surface area contributed by atoms with E-state index in [2.05, 4.69) is 20.3 Å². The van der Waals surface area contributed by atoms with Gasteiger partial charge in [0.2, 0.25) is 11.8 Å². The molecule has 0 aliphatic carbocycles. The van der Waals surface area contributed by atoms with E-state index in [-0.39, 0.29) is 11.8 Å². The molecule has 0 aliphatic rings. The third kappa shape index (κ3) is 3.98. The maximum Gasteiger partial charge on any atom is 0.387 e. The van der Waals surface area contributed by atoms with Crippen molar-refractivity contribution in [3.05, 3.63) is 30.2 Å². The Morgan fingerprint density at radius 2 is 1.90 bits per heavy atom. The van der Waals surface area contributed by atoms with Crippen molar-refractivity contribution in [2.24, 2.45) is 0 Å². The lowest BCUT2D eigenvalue weighted by atomic mass is 10.2. The molecule has 21 heavy (non-hydrogen) atoms. The lowest BCUT2D eigenvalue weighted by molar-refractivity contribution is -0.0498. The fourth-order valence-corrected chi connectivity index (χ4v) is 1.92. The molecule has 1 aromatic carbocycles. The molecule has 1 heterocycles. The van der Waals surface area contributed by atoms with E-state index in [0.29, 0.717) is 17.3 Å². The molecule has 1 N–H and O–H groups in total. The Labute approximate surface area is 121 Å². The van der Waals surface area contributed by atoms with E-state index >= 15 is 0 Å². The number of alkyl halides is 2. The van der Waals surface area contributed by atoms with Crippen LogP contribution in [-0.2, 0) is 0 Å². The second-order valence-electron chi connectivity index (χ2n) is 4.37. The average molecular weight is 297 g/mol. The van der Waals surface area contributed by atoms with Crippen molar-refractivity contribution in [3.8, 4) is 17.2 Å². The van der Waals surface area contributed by atoms with Crippen LogP contribution in [0.3, 0.4) is 0 Å². The molecule has 0 spiro atoms. The molecule has 1 unspecified atom stereocenters. The lowest BCUT2D eigenvalue weighted by Gasteiger charge is -2.10. The highest BCUT2D eigenvalue weighted by Gasteiger charge is 2.16. The summed E-state index contributed by atoms with van der Waals surface area (Å²) in [4.78, 5) is 0. The number of ether oxygens (including phenoxy) is 1. The summed E-state index contributed by atoms with van der Waals surface area (Å²) < 4.78 is 34.1. The van der Waals surface area contributed by atoms with E-state index in [9.17, 15) is 8.78 Å². The molecule has 2 aromatic rings. The minimum Gasteiger partial charge on any atom is -0.435 e. The topological polar surface area (TPSA) is 60.2 Å². The van der Waals surface area contributed by atoms with Crippen LogP contribution >= 0.6 is 0 Å². The van der Waals surface area contributed by atoms with Crippen molar-refractivity contribution < 1.29 is 17.9 Å². The first-order valence-corrected chi connectivity index (χ1v) is 6.76. The van der Waals surface area contributed by atoms with Gasteiger partial charge in [-0.15, -0.1) is 10.2 Å². The van der Waals surface area contributed by atoms with Crippen molar-refractivity contribution >= 4 is 0 Å². The van der Waals surface area contributed by atoms with Crippen LogP contribution in [0.1, 0.15) is 32.2 Å². The zero-order chi connectivity index (χ0) is 15.2. The first kappa shape index (κ1) is 15.4. The normalized spacial score (nSPS) is 12.6. The van der Waals surface area contributed by atoms with Gasteiger partial charge in [-0.2, -0.15) is 8.78 Å². The zero-order valence-electron chi connectivity index (χ0n) is 11.8. The van der Waals surface area contributed by atoms with Gasteiger partial charge in [-0.1, -0.05) is 13.8 Å².